The van der Waals surface area contributed by atoms with Crippen LogP contribution in [0.3, 0.4) is 0 Å². The Labute approximate surface area is 353 Å². The number of rotatable bonds is 6. The predicted octanol–water partition coefficient (Wildman–Crippen LogP) is 13.1. The minimum atomic E-state index is -0.282. The first kappa shape index (κ1) is 35.1. The minimum Gasteiger partial charge on any atom is -0.436 e. The highest BCUT2D eigenvalue weighted by Crippen LogP contribution is 2.51. The second kappa shape index (κ2) is 13.6. The van der Waals surface area contributed by atoms with E-state index in [1.165, 1.54) is 38.8 Å². The quantitative estimate of drug-likeness (QED) is 0.183. The van der Waals surface area contributed by atoms with Crippen LogP contribution >= 0.6 is 0 Å². The number of benzene rings is 8. The summed E-state index contributed by atoms with van der Waals surface area (Å²) in [6, 6.07) is 66.3. The van der Waals surface area contributed by atoms with Crippen molar-refractivity contribution in [1.82, 2.24) is 14.9 Å². The zero-order valence-corrected chi connectivity index (χ0v) is 33.7. The molecule has 61 heavy (non-hydrogen) atoms. The molecule has 6 nitrogen and oxygen atoms in total. The van der Waals surface area contributed by atoms with Gasteiger partial charge in [-0.05, 0) is 106 Å². The molecule has 1 N–H and O–H groups in total. The van der Waals surface area contributed by atoms with Gasteiger partial charge < -0.3 is 14.3 Å². The smallest absolute Gasteiger partial charge is 0.227 e. The van der Waals surface area contributed by atoms with Crippen molar-refractivity contribution in [2.24, 2.45) is 9.98 Å². The lowest BCUT2D eigenvalue weighted by atomic mass is 9.82. The maximum atomic E-state index is 6.37. The normalized spacial score (nSPS) is 15.3. The summed E-state index contributed by atoms with van der Waals surface area (Å²) in [5, 5.41) is 5.92. The molecule has 290 valence electrons. The molecular weight excluding hydrogens is 747 g/mol. The van der Waals surface area contributed by atoms with Crippen LogP contribution in [0, 0.1) is 0 Å². The minimum absolute atomic E-state index is 0.266. The first-order valence-electron chi connectivity index (χ1n) is 20.8. The number of hydrogen-bond donors (Lipinski definition) is 1. The van der Waals surface area contributed by atoms with Crippen molar-refractivity contribution >= 4 is 44.6 Å². The predicted molar refractivity (Wildman–Crippen MR) is 249 cm³/mol. The first-order chi connectivity index (χ1) is 30.0. The van der Waals surface area contributed by atoms with Crippen molar-refractivity contribution in [3.8, 4) is 39.4 Å². The summed E-state index contributed by atoms with van der Waals surface area (Å²) in [6.45, 7) is 4.64. The molecule has 0 saturated heterocycles. The second-order valence-electron chi connectivity index (χ2n) is 16.5. The molecule has 1 aliphatic carbocycles. The summed E-state index contributed by atoms with van der Waals surface area (Å²) in [4.78, 5) is 15.3. The van der Waals surface area contributed by atoms with Gasteiger partial charge in [0.05, 0.1) is 11.0 Å². The summed E-state index contributed by atoms with van der Waals surface area (Å²) < 4.78 is 8.78. The monoisotopic (exact) mass is 785 g/mol. The van der Waals surface area contributed by atoms with E-state index in [9.17, 15) is 0 Å². The van der Waals surface area contributed by atoms with E-state index in [-0.39, 0.29) is 11.6 Å². The number of hydrogen-bond acceptors (Lipinski definition) is 5. The lowest BCUT2D eigenvalue weighted by Gasteiger charge is -2.23. The van der Waals surface area contributed by atoms with Gasteiger partial charge in [0.2, 0.25) is 5.89 Å². The molecule has 8 aromatic carbocycles. The Morgan fingerprint density at radius 2 is 1.15 bits per heavy atom. The molecule has 0 fully saturated rings. The van der Waals surface area contributed by atoms with Gasteiger partial charge in [0.15, 0.2) is 11.4 Å². The number of aliphatic imine (C=N–C) groups is 2. The van der Waals surface area contributed by atoms with Gasteiger partial charge in [0, 0.05) is 38.6 Å². The topological polar surface area (TPSA) is 67.7 Å². The number of nitrogens with zero attached hydrogens (tertiary/aromatic N) is 4. The van der Waals surface area contributed by atoms with Crippen molar-refractivity contribution in [3.05, 3.63) is 216 Å². The van der Waals surface area contributed by atoms with Crippen LogP contribution in [0.15, 0.2) is 202 Å². The molecule has 12 rings (SSSR count). The summed E-state index contributed by atoms with van der Waals surface area (Å²) in [6.07, 6.45) is -0.282. The van der Waals surface area contributed by atoms with Crippen molar-refractivity contribution < 1.29 is 4.42 Å². The van der Waals surface area contributed by atoms with Gasteiger partial charge in [0.25, 0.3) is 0 Å². The fourth-order valence-electron chi connectivity index (χ4n) is 9.36. The second-order valence-corrected chi connectivity index (χ2v) is 16.5. The molecule has 1 unspecified atom stereocenters. The maximum absolute atomic E-state index is 6.37. The zero-order chi connectivity index (χ0) is 40.7. The Morgan fingerprint density at radius 3 is 1.85 bits per heavy atom. The molecule has 10 aromatic rings. The SMILES string of the molecule is CC1(C)c2cc(-n3c4ccc(C5=NC(c6ccccc6)NC(c6ccccc6)=N5)cc4c4cc(-c5ccccc5)ccc43)ccc2-c2cc3nc(-c4ccccc4)oc3cc21. The standard InChI is InChI=1S/C55H39N5O/c1-55(2)45-31-40(25-26-41(45)42-32-47-50(33-46(42)55)61-54(56-47)37-21-13-6-14-22-37)60-48-27-23-38(34-15-7-3-8-16-34)29-43(48)44-30-39(24-28-49(44)60)53-58-51(35-17-9-4-10-18-35)57-52(59-53)36-19-11-5-12-20-36/h3-33,51H,1-2H3,(H,57,58,59). The summed E-state index contributed by atoms with van der Waals surface area (Å²) in [7, 11) is 0. The largest absolute Gasteiger partial charge is 0.436 e. The highest BCUT2D eigenvalue weighted by molar-refractivity contribution is 6.17. The van der Waals surface area contributed by atoms with Gasteiger partial charge >= 0.3 is 0 Å². The molecule has 2 aliphatic rings. The van der Waals surface area contributed by atoms with Gasteiger partial charge in [-0.1, -0.05) is 135 Å². The van der Waals surface area contributed by atoms with Crippen LogP contribution in [0.1, 0.15) is 47.8 Å². The van der Waals surface area contributed by atoms with Crippen LogP contribution in [-0.4, -0.2) is 21.2 Å². The van der Waals surface area contributed by atoms with Gasteiger partial charge in [-0.25, -0.2) is 15.0 Å². The number of aromatic nitrogens is 2. The van der Waals surface area contributed by atoms with Crippen molar-refractivity contribution in [2.45, 2.75) is 25.4 Å². The third-order valence-corrected chi connectivity index (χ3v) is 12.5. The number of oxazole rings is 1. The zero-order valence-electron chi connectivity index (χ0n) is 33.7. The van der Waals surface area contributed by atoms with Crippen molar-refractivity contribution in [2.75, 3.05) is 0 Å². The van der Waals surface area contributed by atoms with Gasteiger partial charge in [-0.2, -0.15) is 0 Å². The Bertz CT molecular complexity index is 3400. The molecule has 0 amide bonds. The van der Waals surface area contributed by atoms with Crippen LogP contribution in [-0.2, 0) is 5.41 Å². The Hall–Kier alpha value is -7.83. The van der Waals surface area contributed by atoms with E-state index in [4.69, 9.17) is 19.4 Å². The summed E-state index contributed by atoms with van der Waals surface area (Å²) >= 11 is 0. The molecule has 1 atom stereocenters. The number of fused-ring (bicyclic) bond motifs is 7. The molecule has 0 bridgehead atoms. The Kier molecular flexibility index (Phi) is 7.84. The lowest BCUT2D eigenvalue weighted by Crippen LogP contribution is -2.33. The molecule has 0 radical (unpaired) electrons. The van der Waals surface area contributed by atoms with E-state index in [1.807, 2.05) is 54.6 Å². The third kappa shape index (κ3) is 5.75. The maximum Gasteiger partial charge on any atom is 0.227 e. The van der Waals surface area contributed by atoms with Crippen LogP contribution < -0.4 is 5.32 Å². The average molecular weight is 786 g/mol. The van der Waals surface area contributed by atoms with E-state index in [0.29, 0.717) is 11.7 Å². The fraction of sp³-hybridized carbons (Fsp3) is 0.0727. The van der Waals surface area contributed by atoms with Gasteiger partial charge in [-0.3, -0.25) is 0 Å². The molecule has 2 aromatic heterocycles. The van der Waals surface area contributed by atoms with E-state index in [1.54, 1.807) is 0 Å². The third-order valence-electron chi connectivity index (χ3n) is 12.5. The Morgan fingerprint density at radius 1 is 0.541 bits per heavy atom. The van der Waals surface area contributed by atoms with Crippen molar-refractivity contribution in [3.63, 3.8) is 0 Å². The van der Waals surface area contributed by atoms with Crippen LogP contribution in [0.2, 0.25) is 0 Å². The van der Waals surface area contributed by atoms with Gasteiger partial charge in [-0.15, -0.1) is 0 Å². The van der Waals surface area contributed by atoms with E-state index >= 15 is 0 Å². The van der Waals surface area contributed by atoms with Crippen LogP contribution in [0.5, 0.6) is 0 Å². The van der Waals surface area contributed by atoms with E-state index < -0.39 is 0 Å². The number of nitrogens with one attached hydrogen (secondary N) is 1. The molecule has 1 aliphatic heterocycles. The van der Waals surface area contributed by atoms with Crippen LogP contribution in [0.4, 0.5) is 0 Å². The van der Waals surface area contributed by atoms with E-state index in [0.717, 1.165) is 61.3 Å². The number of amidine groups is 2. The Balaban J connectivity index is 1.02. The molecular formula is C55H39N5O. The van der Waals surface area contributed by atoms with Crippen LogP contribution in [0.25, 0.3) is 72.3 Å². The average Bonchev–Trinajstić information content (AvgIpc) is 3.96. The highest BCUT2D eigenvalue weighted by Gasteiger charge is 2.37. The highest BCUT2D eigenvalue weighted by atomic mass is 16.3. The molecule has 6 heteroatoms. The summed E-state index contributed by atoms with van der Waals surface area (Å²) in [5.41, 5.74) is 16.1. The lowest BCUT2D eigenvalue weighted by molar-refractivity contribution is 0.614. The first-order valence-corrected chi connectivity index (χ1v) is 20.8. The molecule has 0 spiro atoms. The molecule has 3 heterocycles. The van der Waals surface area contributed by atoms with E-state index in [2.05, 4.69) is 157 Å². The van der Waals surface area contributed by atoms with Crippen molar-refractivity contribution in [1.29, 1.82) is 0 Å². The molecule has 0 saturated carbocycles. The summed E-state index contributed by atoms with van der Waals surface area (Å²) in [5.74, 6) is 2.14. The fourth-order valence-corrected chi connectivity index (χ4v) is 9.36. The van der Waals surface area contributed by atoms with Gasteiger partial charge in [0.1, 0.15) is 17.5 Å².